The average molecular weight is 284 g/mol. The van der Waals surface area contributed by atoms with Crippen molar-refractivity contribution in [3.05, 3.63) is 46.6 Å². The van der Waals surface area contributed by atoms with Gasteiger partial charge in [-0.1, -0.05) is 29.8 Å². The van der Waals surface area contributed by atoms with Crippen LogP contribution in [0.25, 0.3) is 0 Å². The minimum absolute atomic E-state index is 0.322. The van der Waals surface area contributed by atoms with E-state index < -0.39 is 12.2 Å². The van der Waals surface area contributed by atoms with Crippen molar-refractivity contribution in [1.82, 2.24) is 10.2 Å². The molecule has 0 bridgehead atoms. The van der Waals surface area contributed by atoms with E-state index in [0.29, 0.717) is 17.3 Å². The summed E-state index contributed by atoms with van der Waals surface area (Å²) in [6.45, 7) is 0.322. The van der Waals surface area contributed by atoms with Gasteiger partial charge in [0.25, 0.3) is 0 Å². The molecule has 20 heavy (non-hydrogen) atoms. The topological polar surface area (TPSA) is 86.6 Å². The second kappa shape index (κ2) is 6.08. The van der Waals surface area contributed by atoms with Crippen LogP contribution >= 0.6 is 11.6 Å². The Bertz CT molecular complexity index is 661. The molecular weight excluding hydrogens is 274 g/mol. The Morgan fingerprint density at radius 3 is 2.60 bits per heavy atom. The molecule has 1 aromatic rings. The van der Waals surface area contributed by atoms with Crippen molar-refractivity contribution in [2.24, 2.45) is 0 Å². The number of rotatable bonds is 2. The summed E-state index contributed by atoms with van der Waals surface area (Å²) in [5.74, 6) is 0. The molecule has 2 atom stereocenters. The standard InChI is InChI=1S/C14H10ClN5/c15-13-5-12(7-17)19-14(8-18)20(13)9-11-4-2-1-3-10(11)6-16/h1-5,12,14,19H,9H2. The van der Waals surface area contributed by atoms with E-state index >= 15 is 0 Å². The summed E-state index contributed by atoms with van der Waals surface area (Å²) in [6.07, 6.45) is 0.841. The Kier molecular flexibility index (Phi) is 4.23. The molecule has 0 aliphatic carbocycles. The van der Waals surface area contributed by atoms with Crippen LogP contribution in [0, 0.1) is 34.0 Å². The number of nitrogens with one attached hydrogen (secondary N) is 1. The molecule has 1 aromatic carbocycles. The Labute approximate surface area is 121 Å². The highest BCUT2D eigenvalue weighted by atomic mass is 35.5. The Morgan fingerprint density at radius 2 is 1.95 bits per heavy atom. The number of hydrogen-bond acceptors (Lipinski definition) is 5. The Hall–Kier alpha value is -2.52. The molecule has 0 aromatic heterocycles. The maximum absolute atomic E-state index is 9.18. The van der Waals surface area contributed by atoms with Gasteiger partial charge in [-0.15, -0.1) is 0 Å². The van der Waals surface area contributed by atoms with Gasteiger partial charge in [0.05, 0.1) is 17.7 Å². The molecule has 1 aliphatic heterocycles. The van der Waals surface area contributed by atoms with Crippen LogP contribution in [0.3, 0.4) is 0 Å². The monoisotopic (exact) mass is 283 g/mol. The van der Waals surface area contributed by atoms with Gasteiger partial charge < -0.3 is 4.90 Å². The van der Waals surface area contributed by atoms with Gasteiger partial charge in [-0.3, -0.25) is 5.32 Å². The third kappa shape index (κ3) is 2.73. The van der Waals surface area contributed by atoms with Crippen LogP contribution in [-0.2, 0) is 6.54 Å². The molecule has 1 heterocycles. The van der Waals surface area contributed by atoms with E-state index in [1.54, 1.807) is 23.1 Å². The number of halogens is 1. The van der Waals surface area contributed by atoms with Gasteiger partial charge in [-0.25, -0.2) is 0 Å². The van der Waals surface area contributed by atoms with Crippen LogP contribution in [-0.4, -0.2) is 17.1 Å². The first-order chi connectivity index (χ1) is 9.69. The van der Waals surface area contributed by atoms with Gasteiger partial charge in [-0.2, -0.15) is 15.8 Å². The smallest absolute Gasteiger partial charge is 0.172 e. The molecule has 0 fully saturated rings. The van der Waals surface area contributed by atoms with Crippen molar-refractivity contribution in [3.8, 4) is 18.2 Å². The molecule has 0 radical (unpaired) electrons. The van der Waals surface area contributed by atoms with Crippen LogP contribution in [0.5, 0.6) is 0 Å². The molecule has 2 rings (SSSR count). The summed E-state index contributed by atoms with van der Waals surface area (Å²) in [5.41, 5.74) is 1.31. The van der Waals surface area contributed by atoms with Crippen molar-refractivity contribution < 1.29 is 0 Å². The Balaban J connectivity index is 2.31. The van der Waals surface area contributed by atoms with E-state index in [-0.39, 0.29) is 0 Å². The molecule has 1 aliphatic rings. The predicted octanol–water partition coefficient (Wildman–Crippen LogP) is 1.79. The third-order valence-electron chi connectivity index (χ3n) is 2.97. The van der Waals surface area contributed by atoms with Crippen LogP contribution in [0.15, 0.2) is 35.5 Å². The summed E-state index contributed by atoms with van der Waals surface area (Å²) in [4.78, 5) is 1.62. The van der Waals surface area contributed by atoms with Crippen LogP contribution in [0.2, 0.25) is 0 Å². The minimum Gasteiger partial charge on any atom is -0.330 e. The lowest BCUT2D eigenvalue weighted by molar-refractivity contribution is 0.247. The molecular formula is C14H10ClN5. The first-order valence-corrected chi connectivity index (χ1v) is 6.24. The van der Waals surface area contributed by atoms with E-state index in [2.05, 4.69) is 17.5 Å². The number of benzene rings is 1. The van der Waals surface area contributed by atoms with Crippen molar-refractivity contribution in [2.45, 2.75) is 18.8 Å². The molecule has 0 spiro atoms. The summed E-state index contributed by atoms with van der Waals surface area (Å²) in [5, 5.41) is 30.3. The predicted molar refractivity (Wildman–Crippen MR) is 72.6 cm³/mol. The van der Waals surface area contributed by atoms with Gasteiger partial charge in [-0.05, 0) is 17.7 Å². The second-order valence-electron chi connectivity index (χ2n) is 4.19. The molecule has 0 saturated carbocycles. The van der Waals surface area contributed by atoms with Crippen LogP contribution in [0.1, 0.15) is 11.1 Å². The zero-order valence-corrected chi connectivity index (χ0v) is 11.2. The lowest BCUT2D eigenvalue weighted by atomic mass is 10.1. The van der Waals surface area contributed by atoms with Crippen molar-refractivity contribution in [1.29, 1.82) is 15.8 Å². The highest BCUT2D eigenvalue weighted by Crippen LogP contribution is 2.22. The fourth-order valence-corrected chi connectivity index (χ4v) is 2.25. The van der Waals surface area contributed by atoms with Gasteiger partial charge in [0.2, 0.25) is 0 Å². The Morgan fingerprint density at radius 1 is 1.20 bits per heavy atom. The normalized spacial score (nSPS) is 21.3. The molecule has 1 N–H and O–H groups in total. The zero-order chi connectivity index (χ0) is 14.5. The number of hydrogen-bond donors (Lipinski definition) is 1. The van der Waals surface area contributed by atoms with Crippen LogP contribution in [0.4, 0.5) is 0 Å². The maximum Gasteiger partial charge on any atom is 0.172 e. The quantitative estimate of drug-likeness (QED) is 0.836. The van der Waals surface area contributed by atoms with Gasteiger partial charge in [0.15, 0.2) is 6.17 Å². The fourth-order valence-electron chi connectivity index (χ4n) is 1.96. The number of nitriles is 3. The van der Waals surface area contributed by atoms with E-state index in [1.807, 2.05) is 18.2 Å². The second-order valence-corrected chi connectivity index (χ2v) is 4.58. The van der Waals surface area contributed by atoms with Crippen molar-refractivity contribution in [2.75, 3.05) is 0 Å². The van der Waals surface area contributed by atoms with Gasteiger partial charge in [0, 0.05) is 6.54 Å². The first kappa shape index (κ1) is 13.9. The lowest BCUT2D eigenvalue weighted by Gasteiger charge is -2.34. The van der Waals surface area contributed by atoms with Crippen molar-refractivity contribution >= 4 is 11.6 Å². The summed E-state index contributed by atoms with van der Waals surface area (Å²) < 4.78 is 0. The van der Waals surface area contributed by atoms with E-state index in [4.69, 9.17) is 22.1 Å². The van der Waals surface area contributed by atoms with Crippen molar-refractivity contribution in [3.63, 3.8) is 0 Å². The van der Waals surface area contributed by atoms with Gasteiger partial charge in [0.1, 0.15) is 17.3 Å². The SMILES string of the molecule is N#Cc1ccccc1CN1C(Cl)=CC(C#N)NC1C#N. The highest BCUT2D eigenvalue weighted by molar-refractivity contribution is 6.29. The van der Waals surface area contributed by atoms with E-state index in [9.17, 15) is 5.26 Å². The fraction of sp³-hybridized carbons (Fsp3) is 0.214. The first-order valence-electron chi connectivity index (χ1n) is 5.87. The number of nitrogens with zero attached hydrogens (tertiary/aromatic N) is 4. The minimum atomic E-state index is -0.705. The molecule has 6 heteroatoms. The van der Waals surface area contributed by atoms with E-state index in [1.165, 1.54) is 0 Å². The lowest BCUT2D eigenvalue weighted by Crippen LogP contribution is -2.50. The largest absolute Gasteiger partial charge is 0.330 e. The highest BCUT2D eigenvalue weighted by Gasteiger charge is 2.28. The average Bonchev–Trinajstić information content (AvgIpc) is 2.49. The summed E-state index contributed by atoms with van der Waals surface area (Å²) >= 11 is 6.14. The zero-order valence-electron chi connectivity index (χ0n) is 10.4. The molecule has 2 unspecified atom stereocenters. The molecule has 98 valence electrons. The summed E-state index contributed by atoms with van der Waals surface area (Å²) in [6, 6.07) is 12.7. The van der Waals surface area contributed by atoms with Gasteiger partial charge >= 0.3 is 0 Å². The molecule has 0 saturated heterocycles. The molecule has 0 amide bonds. The molecule has 5 nitrogen and oxygen atoms in total. The maximum atomic E-state index is 9.18. The van der Waals surface area contributed by atoms with E-state index in [0.717, 1.165) is 5.56 Å². The third-order valence-corrected chi connectivity index (χ3v) is 3.31. The van der Waals surface area contributed by atoms with Crippen LogP contribution < -0.4 is 5.32 Å². The summed E-state index contributed by atoms with van der Waals surface area (Å²) in [7, 11) is 0.